The van der Waals surface area contributed by atoms with Crippen LogP contribution in [0, 0.1) is 0 Å². The molecule has 0 aromatic carbocycles. The van der Waals surface area contributed by atoms with Crippen LogP contribution < -0.4 is 24.8 Å². The van der Waals surface area contributed by atoms with Crippen LogP contribution in [-0.4, -0.2) is 64.6 Å². The molecule has 0 aliphatic carbocycles. The molecular formula is C25H58Cl2N2O. The predicted molar refractivity (Wildman–Crippen MR) is 127 cm³/mol. The summed E-state index contributed by atoms with van der Waals surface area (Å²) >= 11 is 0. The fraction of sp³-hybridized carbons (Fsp3) is 1.00. The van der Waals surface area contributed by atoms with E-state index >= 15 is 0 Å². The minimum Gasteiger partial charge on any atom is -1.00 e. The van der Waals surface area contributed by atoms with Crippen LogP contribution in [0.15, 0.2) is 0 Å². The second-order valence-electron chi connectivity index (χ2n) is 10.3. The summed E-state index contributed by atoms with van der Waals surface area (Å²) in [6.45, 7) is 6.68. The highest BCUT2D eigenvalue weighted by atomic mass is 35.5. The Morgan fingerprint density at radius 3 is 1.03 bits per heavy atom. The first kappa shape index (κ1) is 37.8. The minimum absolute atomic E-state index is 0. The zero-order valence-corrected chi connectivity index (χ0v) is 23.6. The van der Waals surface area contributed by atoms with Crippen molar-refractivity contribution >= 4 is 0 Å². The summed E-state index contributed by atoms with van der Waals surface area (Å²) in [7, 11) is 12.9. The molecule has 0 spiro atoms. The number of unbranched alkanes of at least 4 members (excludes halogenated alkanes) is 13. The van der Waals surface area contributed by atoms with Gasteiger partial charge >= 0.3 is 0 Å². The van der Waals surface area contributed by atoms with Crippen LogP contribution >= 0.6 is 0 Å². The Morgan fingerprint density at radius 2 is 0.800 bits per heavy atom. The van der Waals surface area contributed by atoms with Gasteiger partial charge in [0.25, 0.3) is 0 Å². The van der Waals surface area contributed by atoms with Crippen molar-refractivity contribution in [3.63, 3.8) is 0 Å². The standard InChI is InChI=1S/C19H42NO.C6H16N.2ClH/c1-5-6-7-8-9-10-11-12-13-14-15-16-17-18-19-21-20(2,3)4;1-5-6-7(2,3)4;;/h5-19H2,1-4H3;5-6H2,1-4H3;2*1H/q2*+1;;/p-2. The van der Waals surface area contributed by atoms with Gasteiger partial charge in [-0.05, 0) is 12.8 Å². The van der Waals surface area contributed by atoms with Crippen molar-refractivity contribution in [3.05, 3.63) is 0 Å². The molecule has 188 valence electrons. The van der Waals surface area contributed by atoms with Gasteiger partial charge in [0.2, 0.25) is 0 Å². The third kappa shape index (κ3) is 42.5. The Balaban J connectivity index is -0.000000323. The monoisotopic (exact) mass is 472 g/mol. The third-order valence-corrected chi connectivity index (χ3v) is 4.87. The molecule has 3 nitrogen and oxygen atoms in total. The summed E-state index contributed by atoms with van der Waals surface area (Å²) < 4.78 is 1.72. The largest absolute Gasteiger partial charge is 1.00 e. The van der Waals surface area contributed by atoms with E-state index in [1.807, 2.05) is 0 Å². The lowest BCUT2D eigenvalue weighted by atomic mass is 10.0. The quantitative estimate of drug-likeness (QED) is 0.165. The summed E-state index contributed by atoms with van der Waals surface area (Å²) in [5.41, 5.74) is 0. The average Bonchev–Trinajstić information content (AvgIpc) is 2.57. The molecule has 5 heteroatoms. The van der Waals surface area contributed by atoms with Crippen molar-refractivity contribution in [2.24, 2.45) is 0 Å². The molecular weight excluding hydrogens is 415 g/mol. The Morgan fingerprint density at radius 1 is 0.467 bits per heavy atom. The Kier molecular flexibility index (Phi) is 32.4. The number of halogens is 2. The van der Waals surface area contributed by atoms with Crippen LogP contribution in [0.2, 0.25) is 0 Å². The third-order valence-electron chi connectivity index (χ3n) is 4.87. The second kappa shape index (κ2) is 25.7. The van der Waals surface area contributed by atoms with Gasteiger partial charge in [-0.15, -0.1) is 0 Å². The molecule has 0 heterocycles. The summed E-state index contributed by atoms with van der Waals surface area (Å²) in [5, 5.41) is 0. The zero-order chi connectivity index (χ0) is 21.7. The lowest BCUT2D eigenvalue weighted by Crippen LogP contribution is -3.00. The van der Waals surface area contributed by atoms with E-state index in [4.69, 9.17) is 4.84 Å². The molecule has 0 rings (SSSR count). The SMILES string of the molecule is CCCCCCCCCCCCCCCCO[N+](C)(C)C.CCC[N+](C)(C)C.[Cl-].[Cl-]. The molecule has 0 aliphatic heterocycles. The summed E-state index contributed by atoms with van der Waals surface area (Å²) in [5.74, 6) is 0. The molecule has 0 saturated heterocycles. The van der Waals surface area contributed by atoms with Crippen molar-refractivity contribution in [3.8, 4) is 0 Å². The van der Waals surface area contributed by atoms with Crippen LogP contribution in [0.4, 0.5) is 0 Å². The van der Waals surface area contributed by atoms with E-state index in [2.05, 4.69) is 56.1 Å². The highest BCUT2D eigenvalue weighted by Gasteiger charge is 2.06. The maximum Gasteiger partial charge on any atom is 0.106 e. The first-order chi connectivity index (χ1) is 13.1. The topological polar surface area (TPSA) is 9.23 Å². The maximum atomic E-state index is 5.67. The fourth-order valence-electron chi connectivity index (χ4n) is 3.31. The van der Waals surface area contributed by atoms with E-state index in [1.165, 1.54) is 103 Å². The fourth-order valence-corrected chi connectivity index (χ4v) is 3.31. The highest BCUT2D eigenvalue weighted by molar-refractivity contribution is 4.49. The van der Waals surface area contributed by atoms with E-state index in [0.717, 1.165) is 11.1 Å². The van der Waals surface area contributed by atoms with Gasteiger partial charge in [-0.25, -0.2) is 4.84 Å². The Bertz CT molecular complexity index is 303. The lowest BCUT2D eigenvalue weighted by molar-refractivity contribution is -1.06. The molecule has 0 radical (unpaired) electrons. The first-order valence-corrected chi connectivity index (χ1v) is 12.4. The summed E-state index contributed by atoms with van der Waals surface area (Å²) in [6.07, 6.45) is 21.1. The van der Waals surface area contributed by atoms with E-state index in [1.54, 1.807) is 0 Å². The second-order valence-corrected chi connectivity index (χ2v) is 10.3. The van der Waals surface area contributed by atoms with Gasteiger partial charge in [0.05, 0.1) is 48.8 Å². The van der Waals surface area contributed by atoms with Crippen LogP contribution in [0.5, 0.6) is 0 Å². The highest BCUT2D eigenvalue weighted by Crippen LogP contribution is 2.13. The molecule has 0 saturated carbocycles. The maximum absolute atomic E-state index is 5.67. The number of quaternary nitrogens is 2. The normalized spacial score (nSPS) is 11.2. The minimum atomic E-state index is 0. The molecule has 0 unspecified atom stereocenters. The van der Waals surface area contributed by atoms with Gasteiger partial charge < -0.3 is 29.3 Å². The van der Waals surface area contributed by atoms with E-state index in [0.29, 0.717) is 4.65 Å². The molecule has 0 fully saturated rings. The van der Waals surface area contributed by atoms with Gasteiger partial charge in [-0.2, -0.15) is 4.65 Å². The van der Waals surface area contributed by atoms with E-state index < -0.39 is 0 Å². The molecule has 0 aliphatic rings. The molecule has 0 aromatic heterocycles. The molecule has 0 atom stereocenters. The van der Waals surface area contributed by atoms with Crippen LogP contribution in [0.25, 0.3) is 0 Å². The van der Waals surface area contributed by atoms with Gasteiger partial charge in [0.1, 0.15) is 6.61 Å². The Hall–Kier alpha value is 0.460. The van der Waals surface area contributed by atoms with Crippen molar-refractivity contribution in [1.29, 1.82) is 0 Å². The van der Waals surface area contributed by atoms with Gasteiger partial charge in [-0.3, -0.25) is 0 Å². The van der Waals surface area contributed by atoms with Crippen molar-refractivity contribution in [1.82, 2.24) is 0 Å². The number of hydrogen-bond donors (Lipinski definition) is 0. The zero-order valence-electron chi connectivity index (χ0n) is 22.1. The average molecular weight is 474 g/mol. The number of nitrogens with zero attached hydrogens (tertiary/aromatic N) is 2. The first-order valence-electron chi connectivity index (χ1n) is 12.4. The van der Waals surface area contributed by atoms with Crippen molar-refractivity contribution in [2.75, 3.05) is 55.4 Å². The molecule has 0 amide bonds. The predicted octanol–water partition coefficient (Wildman–Crippen LogP) is 1.22. The molecule has 0 N–H and O–H groups in total. The number of hydroxylamine groups is 3. The van der Waals surface area contributed by atoms with Gasteiger partial charge in [0, 0.05) is 0 Å². The number of hydrogen-bond acceptors (Lipinski definition) is 1. The van der Waals surface area contributed by atoms with Gasteiger partial charge in [-0.1, -0.05) is 97.3 Å². The van der Waals surface area contributed by atoms with Crippen LogP contribution in [0.1, 0.15) is 110 Å². The van der Waals surface area contributed by atoms with E-state index in [-0.39, 0.29) is 24.8 Å². The Labute approximate surface area is 204 Å². The van der Waals surface area contributed by atoms with Gasteiger partial charge in [0.15, 0.2) is 0 Å². The van der Waals surface area contributed by atoms with Crippen molar-refractivity contribution < 1.29 is 38.8 Å². The van der Waals surface area contributed by atoms with Crippen molar-refractivity contribution in [2.45, 2.75) is 110 Å². The molecule has 30 heavy (non-hydrogen) atoms. The smallest absolute Gasteiger partial charge is 0.106 e. The van der Waals surface area contributed by atoms with E-state index in [9.17, 15) is 0 Å². The van der Waals surface area contributed by atoms with Crippen LogP contribution in [0.3, 0.4) is 0 Å². The molecule has 0 bridgehead atoms. The lowest BCUT2D eigenvalue weighted by Gasteiger charge is -2.22. The molecule has 0 aromatic rings. The number of rotatable bonds is 18. The summed E-state index contributed by atoms with van der Waals surface area (Å²) in [6, 6.07) is 0. The van der Waals surface area contributed by atoms with Crippen LogP contribution in [-0.2, 0) is 4.84 Å². The summed E-state index contributed by atoms with van der Waals surface area (Å²) in [4.78, 5) is 5.67.